The monoisotopic (exact) mass is 384 g/mol. The van der Waals surface area contributed by atoms with Crippen LogP contribution in [0.15, 0.2) is 41.3 Å². The van der Waals surface area contributed by atoms with Crippen LogP contribution in [0.2, 0.25) is 15.1 Å². The van der Waals surface area contributed by atoms with Gasteiger partial charge in [-0.1, -0.05) is 40.9 Å². The Morgan fingerprint density at radius 3 is 2.29 bits per heavy atom. The van der Waals surface area contributed by atoms with Gasteiger partial charge < -0.3 is 4.74 Å². The molecule has 21 heavy (non-hydrogen) atoms. The van der Waals surface area contributed by atoms with Crippen LogP contribution in [0.3, 0.4) is 0 Å². The molecule has 0 spiro atoms. The number of hydrogen-bond acceptors (Lipinski definition) is 3. The highest BCUT2D eigenvalue weighted by Crippen LogP contribution is 2.31. The lowest BCUT2D eigenvalue weighted by molar-refractivity contribution is 0.298. The second kappa shape index (κ2) is 6.63. The molecule has 0 aliphatic rings. The van der Waals surface area contributed by atoms with Gasteiger partial charge in [0.2, 0.25) is 0 Å². The Morgan fingerprint density at radius 2 is 1.67 bits per heavy atom. The van der Waals surface area contributed by atoms with Crippen LogP contribution >= 0.6 is 45.5 Å². The summed E-state index contributed by atoms with van der Waals surface area (Å²) in [6, 6.07) is 9.16. The van der Waals surface area contributed by atoms with Crippen molar-refractivity contribution in [1.82, 2.24) is 0 Å². The van der Waals surface area contributed by atoms with Crippen molar-refractivity contribution in [3.8, 4) is 5.75 Å². The van der Waals surface area contributed by atoms with E-state index in [4.69, 9.17) is 50.2 Å². The molecule has 0 aromatic heterocycles. The molecule has 0 aliphatic carbocycles. The first-order valence-electron chi connectivity index (χ1n) is 5.58. The fourth-order valence-electron chi connectivity index (χ4n) is 1.58. The lowest BCUT2D eigenvalue weighted by Crippen LogP contribution is -2.01. The molecule has 0 amide bonds. The van der Waals surface area contributed by atoms with Gasteiger partial charge in [-0.3, -0.25) is 0 Å². The molecule has 0 fully saturated rings. The molecule has 2 rings (SSSR count). The van der Waals surface area contributed by atoms with Gasteiger partial charge in [0.15, 0.2) is 0 Å². The lowest BCUT2D eigenvalue weighted by Gasteiger charge is -2.10. The molecule has 0 bridgehead atoms. The van der Waals surface area contributed by atoms with Gasteiger partial charge in [-0.05, 0) is 35.9 Å². The van der Waals surface area contributed by atoms with Crippen LogP contribution in [0.5, 0.6) is 5.75 Å². The van der Waals surface area contributed by atoms with Gasteiger partial charge in [0.1, 0.15) is 17.3 Å². The largest absolute Gasteiger partial charge is 0.487 e. The zero-order chi connectivity index (χ0) is 15.6. The predicted molar refractivity (Wildman–Crippen MR) is 85.3 cm³/mol. The highest BCUT2D eigenvalue weighted by Gasteiger charge is 2.17. The van der Waals surface area contributed by atoms with Crippen molar-refractivity contribution in [1.29, 1.82) is 0 Å². The van der Waals surface area contributed by atoms with Crippen LogP contribution in [0.4, 0.5) is 0 Å². The van der Waals surface area contributed by atoms with Crippen molar-refractivity contribution in [3.05, 3.63) is 57.0 Å². The number of ether oxygens (including phenoxy) is 1. The Labute approximate surface area is 141 Å². The van der Waals surface area contributed by atoms with E-state index in [1.165, 1.54) is 18.2 Å². The van der Waals surface area contributed by atoms with Gasteiger partial charge in [0, 0.05) is 15.7 Å². The predicted octanol–water partition coefficient (Wildman–Crippen LogP) is 5.15. The molecule has 8 heteroatoms. The number of benzene rings is 2. The van der Waals surface area contributed by atoms with Crippen molar-refractivity contribution in [3.63, 3.8) is 0 Å². The van der Waals surface area contributed by atoms with Crippen molar-refractivity contribution >= 4 is 54.5 Å². The summed E-state index contributed by atoms with van der Waals surface area (Å²) in [5.41, 5.74) is 0.734. The van der Waals surface area contributed by atoms with Gasteiger partial charge in [-0.25, -0.2) is 8.42 Å². The first kappa shape index (κ1) is 16.7. The van der Waals surface area contributed by atoms with E-state index >= 15 is 0 Å². The van der Waals surface area contributed by atoms with E-state index in [0.717, 1.165) is 5.56 Å². The standard InChI is InChI=1S/C13H8Cl4O3S/c14-9-2-4-12(13(6-9)21(17,18)19)20-7-8-1-3-10(15)11(16)5-8/h1-6H,7H2. The minimum atomic E-state index is -3.96. The van der Waals surface area contributed by atoms with Gasteiger partial charge in [-0.15, -0.1) is 0 Å². The molecule has 0 atom stereocenters. The first-order chi connectivity index (χ1) is 9.77. The topological polar surface area (TPSA) is 43.4 Å². The third-order valence-corrected chi connectivity index (χ3v) is 4.86. The fourth-order valence-corrected chi connectivity index (χ4v) is 3.14. The van der Waals surface area contributed by atoms with Crippen LogP contribution in [0.1, 0.15) is 5.56 Å². The molecule has 3 nitrogen and oxygen atoms in total. The van der Waals surface area contributed by atoms with E-state index < -0.39 is 9.05 Å². The molecular formula is C13H8Cl4O3S. The van der Waals surface area contributed by atoms with Gasteiger partial charge >= 0.3 is 0 Å². The van der Waals surface area contributed by atoms with Gasteiger partial charge in [0.05, 0.1) is 10.0 Å². The molecule has 2 aromatic rings. The van der Waals surface area contributed by atoms with Crippen LogP contribution in [0, 0.1) is 0 Å². The van der Waals surface area contributed by atoms with Crippen LogP contribution < -0.4 is 4.74 Å². The minimum Gasteiger partial charge on any atom is -0.487 e. The van der Waals surface area contributed by atoms with Crippen molar-refractivity contribution in [2.45, 2.75) is 11.5 Å². The third kappa shape index (κ3) is 4.41. The minimum absolute atomic E-state index is 0.109. The summed E-state index contributed by atoms with van der Waals surface area (Å²) in [4.78, 5) is -0.184. The second-order valence-electron chi connectivity index (χ2n) is 4.07. The van der Waals surface area contributed by atoms with Crippen LogP contribution in [-0.4, -0.2) is 8.42 Å². The fraction of sp³-hybridized carbons (Fsp3) is 0.0769. The highest BCUT2D eigenvalue weighted by molar-refractivity contribution is 8.13. The Bertz CT molecular complexity index is 775. The van der Waals surface area contributed by atoms with E-state index in [1.807, 2.05) is 0 Å². The lowest BCUT2D eigenvalue weighted by atomic mass is 10.2. The SMILES string of the molecule is O=S(=O)(Cl)c1cc(Cl)ccc1OCc1ccc(Cl)c(Cl)c1. The molecule has 0 radical (unpaired) electrons. The Kier molecular flexibility index (Phi) is 5.28. The molecule has 0 unspecified atom stereocenters. The summed E-state index contributed by atoms with van der Waals surface area (Å²) in [6.45, 7) is 0.109. The maximum Gasteiger partial charge on any atom is 0.265 e. The second-order valence-corrected chi connectivity index (χ2v) is 7.85. The highest BCUT2D eigenvalue weighted by atomic mass is 35.7. The van der Waals surface area contributed by atoms with E-state index in [1.54, 1.807) is 18.2 Å². The quantitative estimate of drug-likeness (QED) is 0.683. The number of hydrogen-bond donors (Lipinski definition) is 0. The zero-order valence-corrected chi connectivity index (χ0v) is 14.2. The van der Waals surface area contributed by atoms with Crippen molar-refractivity contribution in [2.24, 2.45) is 0 Å². The average molecular weight is 386 g/mol. The third-order valence-electron chi connectivity index (χ3n) is 2.55. The molecule has 112 valence electrons. The van der Waals surface area contributed by atoms with E-state index in [9.17, 15) is 8.42 Å². The molecule has 0 saturated carbocycles. The van der Waals surface area contributed by atoms with Gasteiger partial charge in [-0.2, -0.15) is 0 Å². The summed E-state index contributed by atoms with van der Waals surface area (Å²) in [6.07, 6.45) is 0. The van der Waals surface area contributed by atoms with Gasteiger partial charge in [0.25, 0.3) is 9.05 Å². The Morgan fingerprint density at radius 1 is 0.952 bits per heavy atom. The number of rotatable bonds is 4. The summed E-state index contributed by atoms with van der Waals surface area (Å²) in [5.74, 6) is 0.112. The van der Waals surface area contributed by atoms with Crippen LogP contribution in [-0.2, 0) is 15.7 Å². The van der Waals surface area contributed by atoms with E-state index in [0.29, 0.717) is 10.0 Å². The van der Waals surface area contributed by atoms with Crippen molar-refractivity contribution in [2.75, 3.05) is 0 Å². The van der Waals surface area contributed by atoms with E-state index in [2.05, 4.69) is 0 Å². The molecule has 0 aliphatic heterocycles. The van der Waals surface area contributed by atoms with Crippen LogP contribution in [0.25, 0.3) is 0 Å². The molecule has 0 N–H and O–H groups in total. The summed E-state index contributed by atoms with van der Waals surface area (Å²) in [5, 5.41) is 1.06. The zero-order valence-electron chi connectivity index (χ0n) is 10.3. The Hall–Kier alpha value is -0.650. The molecule has 2 aromatic carbocycles. The molecule has 0 heterocycles. The summed E-state index contributed by atoms with van der Waals surface area (Å²) in [7, 11) is 1.40. The molecular weight excluding hydrogens is 378 g/mol. The normalized spacial score (nSPS) is 11.4. The average Bonchev–Trinajstić information content (AvgIpc) is 2.40. The number of halogens is 4. The smallest absolute Gasteiger partial charge is 0.265 e. The maximum absolute atomic E-state index is 11.5. The Balaban J connectivity index is 2.26. The summed E-state index contributed by atoms with van der Waals surface area (Å²) < 4.78 is 28.5. The maximum atomic E-state index is 11.5. The van der Waals surface area contributed by atoms with Crippen molar-refractivity contribution < 1.29 is 13.2 Å². The molecule has 0 saturated heterocycles. The first-order valence-corrected chi connectivity index (χ1v) is 9.02. The van der Waals surface area contributed by atoms with E-state index in [-0.39, 0.29) is 22.3 Å². The summed E-state index contributed by atoms with van der Waals surface area (Å²) >= 11 is 17.5.